The first kappa shape index (κ1) is 22.1. The van der Waals surface area contributed by atoms with Crippen LogP contribution >= 0.6 is 0 Å². The zero-order valence-electron chi connectivity index (χ0n) is 18.7. The molecule has 0 aliphatic carbocycles. The first-order chi connectivity index (χ1) is 16.7. The number of hydrogen-bond donors (Lipinski definition) is 0. The zero-order valence-corrected chi connectivity index (χ0v) is 18.7. The highest BCUT2D eigenvalue weighted by Crippen LogP contribution is 2.32. The van der Waals surface area contributed by atoms with E-state index < -0.39 is 11.9 Å². The van der Waals surface area contributed by atoms with Crippen molar-refractivity contribution in [3.63, 3.8) is 0 Å². The van der Waals surface area contributed by atoms with Gasteiger partial charge in [0.05, 0.1) is 31.0 Å². The summed E-state index contributed by atoms with van der Waals surface area (Å²) in [5, 5.41) is 0. The van der Waals surface area contributed by atoms with Crippen molar-refractivity contribution in [1.29, 1.82) is 0 Å². The third-order valence-corrected chi connectivity index (χ3v) is 5.81. The predicted molar refractivity (Wildman–Crippen MR) is 122 cm³/mol. The summed E-state index contributed by atoms with van der Waals surface area (Å²) in [4.78, 5) is 25.8. The standard InChI is InChI=1S/C25H25FN4O4/c26-20-8-4-5-9-22(20)34-23-19-16-30(25(31)33-17-18-6-2-1-3-7-18)11-10-21(19)27-24(28-23)29-12-14-32-15-13-29/h1-9H,10-17H2. The minimum atomic E-state index is -0.488. The Kier molecular flexibility index (Phi) is 6.53. The maximum atomic E-state index is 14.3. The number of ether oxygens (including phenoxy) is 3. The number of halogens is 1. The predicted octanol–water partition coefficient (Wildman–Crippen LogP) is 3.94. The molecule has 2 aliphatic rings. The van der Waals surface area contributed by atoms with Gasteiger partial charge in [0, 0.05) is 26.1 Å². The average molecular weight is 464 g/mol. The maximum absolute atomic E-state index is 14.3. The molecule has 2 aromatic carbocycles. The summed E-state index contributed by atoms with van der Waals surface area (Å²) < 4.78 is 31.2. The smallest absolute Gasteiger partial charge is 0.410 e. The number of fused-ring (bicyclic) bond motifs is 1. The molecule has 0 spiro atoms. The van der Waals surface area contributed by atoms with Crippen molar-refractivity contribution in [1.82, 2.24) is 14.9 Å². The van der Waals surface area contributed by atoms with E-state index in [1.54, 1.807) is 23.1 Å². The molecule has 0 atom stereocenters. The van der Waals surface area contributed by atoms with Gasteiger partial charge in [0.2, 0.25) is 11.8 Å². The van der Waals surface area contributed by atoms with Crippen LogP contribution in [-0.2, 0) is 29.0 Å². The lowest BCUT2D eigenvalue weighted by atomic mass is 10.1. The van der Waals surface area contributed by atoms with Crippen molar-refractivity contribution in [2.24, 2.45) is 0 Å². The quantitative estimate of drug-likeness (QED) is 0.566. The Bertz CT molecular complexity index is 1150. The van der Waals surface area contributed by atoms with Gasteiger partial charge < -0.3 is 24.0 Å². The number of aromatic nitrogens is 2. The third-order valence-electron chi connectivity index (χ3n) is 5.81. The molecule has 8 nitrogen and oxygen atoms in total. The van der Waals surface area contributed by atoms with Gasteiger partial charge in [-0.1, -0.05) is 42.5 Å². The average Bonchev–Trinajstić information content (AvgIpc) is 2.89. The topological polar surface area (TPSA) is 77.0 Å². The lowest BCUT2D eigenvalue weighted by Crippen LogP contribution is -2.39. The van der Waals surface area contributed by atoms with Gasteiger partial charge in [-0.25, -0.2) is 14.2 Å². The monoisotopic (exact) mass is 464 g/mol. The van der Waals surface area contributed by atoms with Gasteiger partial charge in [0.25, 0.3) is 0 Å². The molecule has 5 rings (SSSR count). The Labute approximate surface area is 196 Å². The van der Waals surface area contributed by atoms with Crippen LogP contribution in [0.5, 0.6) is 11.6 Å². The summed E-state index contributed by atoms with van der Waals surface area (Å²) in [7, 11) is 0. The summed E-state index contributed by atoms with van der Waals surface area (Å²) in [6.45, 7) is 3.37. The highest BCUT2D eigenvalue weighted by Gasteiger charge is 2.29. The second kappa shape index (κ2) is 10.0. The number of rotatable bonds is 5. The van der Waals surface area contributed by atoms with Crippen LogP contribution in [0.2, 0.25) is 0 Å². The summed E-state index contributed by atoms with van der Waals surface area (Å²) in [5.74, 6) is 0.350. The van der Waals surface area contributed by atoms with Crippen molar-refractivity contribution in [3.8, 4) is 11.6 Å². The van der Waals surface area contributed by atoms with Crippen LogP contribution in [0.25, 0.3) is 0 Å². The molecule has 1 fully saturated rings. The number of para-hydroxylation sites is 1. The molecular weight excluding hydrogens is 439 g/mol. The van der Waals surface area contributed by atoms with Gasteiger partial charge in [-0.15, -0.1) is 0 Å². The van der Waals surface area contributed by atoms with Crippen LogP contribution in [-0.4, -0.2) is 53.8 Å². The Morgan fingerprint density at radius 1 is 1.00 bits per heavy atom. The van der Waals surface area contributed by atoms with Gasteiger partial charge in [-0.3, -0.25) is 0 Å². The molecule has 176 valence electrons. The third kappa shape index (κ3) is 4.94. The van der Waals surface area contributed by atoms with Crippen molar-refractivity contribution >= 4 is 12.0 Å². The Morgan fingerprint density at radius 3 is 2.56 bits per heavy atom. The molecule has 3 aromatic rings. The molecule has 1 aromatic heterocycles. The highest BCUT2D eigenvalue weighted by molar-refractivity contribution is 5.68. The minimum absolute atomic E-state index is 0.0695. The molecule has 3 heterocycles. The minimum Gasteiger partial charge on any atom is -0.445 e. The first-order valence-electron chi connectivity index (χ1n) is 11.3. The van der Waals surface area contributed by atoms with Gasteiger partial charge in [0.15, 0.2) is 11.6 Å². The van der Waals surface area contributed by atoms with Crippen molar-refractivity contribution in [2.75, 3.05) is 37.7 Å². The van der Waals surface area contributed by atoms with E-state index in [0.29, 0.717) is 50.8 Å². The molecule has 9 heteroatoms. The Hall–Kier alpha value is -3.72. The van der Waals surface area contributed by atoms with E-state index in [2.05, 4.69) is 4.98 Å². The van der Waals surface area contributed by atoms with Crippen LogP contribution in [0.15, 0.2) is 54.6 Å². The number of nitrogens with zero attached hydrogens (tertiary/aromatic N) is 4. The second-order valence-corrected chi connectivity index (χ2v) is 8.10. The van der Waals surface area contributed by atoms with E-state index in [4.69, 9.17) is 19.2 Å². The van der Waals surface area contributed by atoms with Gasteiger partial charge in [-0.2, -0.15) is 4.98 Å². The molecule has 2 aliphatic heterocycles. The molecular formula is C25H25FN4O4. The van der Waals surface area contributed by atoms with Crippen LogP contribution < -0.4 is 9.64 Å². The van der Waals surface area contributed by atoms with E-state index in [-0.39, 0.29) is 24.8 Å². The van der Waals surface area contributed by atoms with E-state index in [9.17, 15) is 9.18 Å². The van der Waals surface area contributed by atoms with E-state index in [1.807, 2.05) is 35.2 Å². The zero-order chi connectivity index (χ0) is 23.3. The number of hydrogen-bond acceptors (Lipinski definition) is 7. The van der Waals surface area contributed by atoms with Gasteiger partial charge >= 0.3 is 6.09 Å². The summed E-state index contributed by atoms with van der Waals surface area (Å²) in [6, 6.07) is 15.7. The first-order valence-corrected chi connectivity index (χ1v) is 11.3. The van der Waals surface area contributed by atoms with Crippen LogP contribution in [0.3, 0.4) is 0 Å². The lowest BCUT2D eigenvalue weighted by molar-refractivity contribution is 0.0911. The number of carbonyl (C=O) groups is 1. The van der Waals surface area contributed by atoms with Crippen LogP contribution in [0.1, 0.15) is 16.8 Å². The Balaban J connectivity index is 1.39. The van der Waals surface area contributed by atoms with Gasteiger partial charge in [0.1, 0.15) is 6.61 Å². The summed E-state index contributed by atoms with van der Waals surface area (Å²) in [5.41, 5.74) is 2.36. The molecule has 0 saturated carbocycles. The number of amides is 1. The molecule has 0 N–H and O–H groups in total. The fourth-order valence-corrected chi connectivity index (χ4v) is 3.96. The number of morpholine rings is 1. The fourth-order valence-electron chi connectivity index (χ4n) is 3.96. The normalized spacial score (nSPS) is 15.6. The number of anilines is 1. The van der Waals surface area contributed by atoms with Crippen molar-refractivity contribution in [2.45, 2.75) is 19.6 Å². The van der Waals surface area contributed by atoms with Crippen LogP contribution in [0.4, 0.5) is 15.1 Å². The largest absolute Gasteiger partial charge is 0.445 e. The van der Waals surface area contributed by atoms with E-state index in [1.165, 1.54) is 6.07 Å². The van der Waals surface area contributed by atoms with E-state index in [0.717, 1.165) is 11.3 Å². The van der Waals surface area contributed by atoms with Gasteiger partial charge in [-0.05, 0) is 17.7 Å². The van der Waals surface area contributed by atoms with E-state index >= 15 is 0 Å². The number of carbonyl (C=O) groups excluding carboxylic acids is 1. The summed E-state index contributed by atoms with van der Waals surface area (Å²) >= 11 is 0. The number of benzene rings is 2. The lowest BCUT2D eigenvalue weighted by Gasteiger charge is -2.31. The SMILES string of the molecule is O=C(OCc1ccccc1)N1CCc2nc(N3CCOCC3)nc(Oc3ccccc3F)c2C1. The summed E-state index contributed by atoms with van der Waals surface area (Å²) in [6.07, 6.45) is 0.0899. The van der Waals surface area contributed by atoms with Crippen molar-refractivity contribution < 1.29 is 23.4 Å². The highest BCUT2D eigenvalue weighted by atomic mass is 19.1. The molecule has 34 heavy (non-hydrogen) atoms. The Morgan fingerprint density at radius 2 is 1.76 bits per heavy atom. The fraction of sp³-hybridized carbons (Fsp3) is 0.320. The maximum Gasteiger partial charge on any atom is 0.410 e. The van der Waals surface area contributed by atoms with Crippen LogP contribution in [0, 0.1) is 5.82 Å². The molecule has 0 bridgehead atoms. The molecule has 0 unspecified atom stereocenters. The molecule has 1 saturated heterocycles. The molecule has 1 amide bonds. The van der Waals surface area contributed by atoms with Crippen molar-refractivity contribution in [3.05, 3.63) is 77.2 Å². The molecule has 0 radical (unpaired) electrons. The second-order valence-electron chi connectivity index (χ2n) is 8.10.